The lowest BCUT2D eigenvalue weighted by Crippen LogP contribution is -2.56. The van der Waals surface area contributed by atoms with Crippen LogP contribution in [0.3, 0.4) is 0 Å². The fourth-order valence-electron chi connectivity index (χ4n) is 3.10. The first-order valence-electron chi connectivity index (χ1n) is 9.60. The molecule has 8 nitrogen and oxygen atoms in total. The van der Waals surface area contributed by atoms with E-state index < -0.39 is 36.9 Å². The van der Waals surface area contributed by atoms with Gasteiger partial charge < -0.3 is 20.7 Å². The number of halogens is 2. The largest absolute Gasteiger partial charge is 0.475 e. The molecule has 1 saturated heterocycles. The summed E-state index contributed by atoms with van der Waals surface area (Å²) >= 11 is 0. The van der Waals surface area contributed by atoms with E-state index in [1.165, 1.54) is 11.1 Å². The molecule has 0 bridgehead atoms. The van der Waals surface area contributed by atoms with Crippen molar-refractivity contribution in [3.05, 3.63) is 47.8 Å². The SMILES string of the molecule is NC(=O)C(NC(=O)c1cnc(N2CC(F)(F)C2)c(OCC2CC2)n1)c1ccccc1. The topological polar surface area (TPSA) is 110 Å². The molecule has 2 aliphatic rings. The standard InChI is InChI=1S/C20H21F2N5O3/c21-20(22)10-27(11-20)17-19(30-9-12-6-7-12)25-14(8-24-17)18(29)26-15(16(23)28)13-4-2-1-3-5-13/h1-5,8,12,15H,6-7,9-11H2,(H2,23,28)(H,26,29). The van der Waals surface area contributed by atoms with Gasteiger partial charge in [0, 0.05) is 0 Å². The molecule has 2 amide bonds. The number of hydrogen-bond donors (Lipinski definition) is 2. The van der Waals surface area contributed by atoms with Gasteiger partial charge in [-0.1, -0.05) is 30.3 Å². The van der Waals surface area contributed by atoms with Crippen LogP contribution in [0.4, 0.5) is 14.6 Å². The van der Waals surface area contributed by atoms with Crippen LogP contribution in [0.2, 0.25) is 0 Å². The van der Waals surface area contributed by atoms with Gasteiger partial charge in [-0.15, -0.1) is 0 Å². The van der Waals surface area contributed by atoms with Crippen LogP contribution in [-0.4, -0.2) is 47.4 Å². The highest BCUT2D eigenvalue weighted by molar-refractivity contribution is 5.96. The second kappa shape index (κ2) is 7.85. The summed E-state index contributed by atoms with van der Waals surface area (Å²) in [4.78, 5) is 34.2. The first-order valence-corrected chi connectivity index (χ1v) is 9.60. The fourth-order valence-corrected chi connectivity index (χ4v) is 3.10. The zero-order chi connectivity index (χ0) is 21.3. The van der Waals surface area contributed by atoms with Gasteiger partial charge in [0.1, 0.15) is 6.04 Å². The van der Waals surface area contributed by atoms with Crippen molar-refractivity contribution >= 4 is 17.6 Å². The van der Waals surface area contributed by atoms with Crippen molar-refractivity contribution in [1.29, 1.82) is 0 Å². The van der Waals surface area contributed by atoms with Gasteiger partial charge in [0.15, 0.2) is 11.5 Å². The number of hydrogen-bond acceptors (Lipinski definition) is 6. The van der Waals surface area contributed by atoms with Crippen LogP contribution in [0.25, 0.3) is 0 Å². The highest BCUT2D eigenvalue weighted by Crippen LogP contribution is 2.36. The maximum atomic E-state index is 13.3. The molecular formula is C20H21F2N5O3. The molecule has 1 aliphatic carbocycles. The van der Waals surface area contributed by atoms with Crippen molar-refractivity contribution in [2.24, 2.45) is 11.7 Å². The predicted molar refractivity (Wildman–Crippen MR) is 103 cm³/mol. The number of nitrogens with one attached hydrogen (secondary N) is 1. The lowest BCUT2D eigenvalue weighted by molar-refractivity contribution is -0.120. The van der Waals surface area contributed by atoms with Crippen LogP contribution in [0.1, 0.15) is 34.9 Å². The number of carbonyl (C=O) groups is 2. The molecule has 0 radical (unpaired) electrons. The van der Waals surface area contributed by atoms with E-state index in [9.17, 15) is 18.4 Å². The van der Waals surface area contributed by atoms with Crippen molar-refractivity contribution in [3.8, 4) is 5.88 Å². The number of ether oxygens (including phenoxy) is 1. The molecule has 2 heterocycles. The van der Waals surface area contributed by atoms with E-state index in [2.05, 4.69) is 15.3 Å². The Kier molecular flexibility index (Phi) is 5.23. The Balaban J connectivity index is 1.54. The quantitative estimate of drug-likeness (QED) is 0.676. The van der Waals surface area contributed by atoms with Crippen molar-refractivity contribution in [2.45, 2.75) is 24.8 Å². The van der Waals surface area contributed by atoms with E-state index in [4.69, 9.17) is 10.5 Å². The Morgan fingerprint density at radius 1 is 1.27 bits per heavy atom. The lowest BCUT2D eigenvalue weighted by Gasteiger charge is -2.39. The predicted octanol–water partition coefficient (Wildman–Crippen LogP) is 1.68. The third-order valence-electron chi connectivity index (χ3n) is 4.94. The van der Waals surface area contributed by atoms with Gasteiger partial charge in [-0.05, 0) is 24.3 Å². The van der Waals surface area contributed by atoms with Crippen LogP contribution >= 0.6 is 0 Å². The lowest BCUT2D eigenvalue weighted by atomic mass is 10.1. The third kappa shape index (κ3) is 4.47. The molecule has 158 valence electrons. The van der Waals surface area contributed by atoms with E-state index in [-0.39, 0.29) is 17.4 Å². The minimum Gasteiger partial charge on any atom is -0.475 e. The van der Waals surface area contributed by atoms with Crippen LogP contribution < -0.4 is 20.7 Å². The number of nitrogens with zero attached hydrogens (tertiary/aromatic N) is 3. The molecule has 2 aromatic rings. The average molecular weight is 417 g/mol. The Bertz CT molecular complexity index is 945. The van der Waals surface area contributed by atoms with Gasteiger partial charge >= 0.3 is 0 Å². The number of anilines is 1. The van der Waals surface area contributed by atoms with Crippen molar-refractivity contribution in [3.63, 3.8) is 0 Å². The number of aromatic nitrogens is 2. The molecule has 30 heavy (non-hydrogen) atoms. The van der Waals surface area contributed by atoms with Crippen LogP contribution in [0, 0.1) is 5.92 Å². The zero-order valence-corrected chi connectivity index (χ0v) is 16.1. The Labute approximate surface area is 171 Å². The number of primary amides is 1. The minimum absolute atomic E-state index is 0.0281. The summed E-state index contributed by atoms with van der Waals surface area (Å²) in [7, 11) is 0. The normalized spacial score (nSPS) is 18.3. The monoisotopic (exact) mass is 417 g/mol. The fraction of sp³-hybridized carbons (Fsp3) is 0.400. The summed E-state index contributed by atoms with van der Waals surface area (Å²) in [6, 6.07) is 7.50. The van der Waals surface area contributed by atoms with Crippen LogP contribution in [-0.2, 0) is 4.79 Å². The molecule has 1 aromatic heterocycles. The summed E-state index contributed by atoms with van der Waals surface area (Å²) in [6.45, 7) is -0.583. The van der Waals surface area contributed by atoms with Gasteiger partial charge in [-0.2, -0.15) is 0 Å². The van der Waals surface area contributed by atoms with Crippen LogP contribution in [0.5, 0.6) is 5.88 Å². The summed E-state index contributed by atoms with van der Waals surface area (Å²) < 4.78 is 32.2. The minimum atomic E-state index is -2.78. The molecule has 1 unspecified atom stereocenters. The molecule has 1 atom stereocenters. The Morgan fingerprint density at radius 3 is 2.57 bits per heavy atom. The van der Waals surface area contributed by atoms with E-state index in [0.29, 0.717) is 18.1 Å². The third-order valence-corrected chi connectivity index (χ3v) is 4.94. The van der Waals surface area contributed by atoms with Crippen molar-refractivity contribution in [2.75, 3.05) is 24.6 Å². The molecular weight excluding hydrogens is 396 g/mol. The van der Waals surface area contributed by atoms with E-state index in [1.54, 1.807) is 30.3 Å². The summed E-state index contributed by atoms with van der Waals surface area (Å²) in [5.41, 5.74) is 5.86. The first kappa shape index (κ1) is 20.0. The van der Waals surface area contributed by atoms with E-state index in [1.807, 2.05) is 0 Å². The number of alkyl halides is 2. The highest BCUT2D eigenvalue weighted by atomic mass is 19.3. The first-order chi connectivity index (χ1) is 14.3. The molecule has 3 N–H and O–H groups in total. The van der Waals surface area contributed by atoms with Gasteiger partial charge in [0.25, 0.3) is 17.7 Å². The zero-order valence-electron chi connectivity index (χ0n) is 16.1. The van der Waals surface area contributed by atoms with Crippen LogP contribution in [0.15, 0.2) is 36.5 Å². The number of carbonyl (C=O) groups excluding carboxylic acids is 2. The molecule has 10 heteroatoms. The molecule has 2 fully saturated rings. The summed E-state index contributed by atoms with van der Waals surface area (Å²) in [5, 5.41) is 2.54. The van der Waals surface area contributed by atoms with E-state index >= 15 is 0 Å². The maximum absolute atomic E-state index is 13.3. The Hall–Kier alpha value is -3.30. The number of amides is 2. The highest BCUT2D eigenvalue weighted by Gasteiger charge is 2.46. The molecule has 1 aromatic carbocycles. The molecule has 4 rings (SSSR count). The smallest absolute Gasteiger partial charge is 0.282 e. The molecule has 0 spiro atoms. The maximum Gasteiger partial charge on any atom is 0.282 e. The number of benzene rings is 1. The second-order valence-electron chi connectivity index (χ2n) is 7.57. The van der Waals surface area contributed by atoms with Gasteiger partial charge in [0.05, 0.1) is 25.9 Å². The van der Waals surface area contributed by atoms with Gasteiger partial charge in [-0.25, -0.2) is 18.7 Å². The van der Waals surface area contributed by atoms with E-state index in [0.717, 1.165) is 12.8 Å². The number of nitrogens with two attached hydrogens (primary N) is 1. The van der Waals surface area contributed by atoms with Gasteiger partial charge in [-0.3, -0.25) is 9.59 Å². The summed E-state index contributed by atoms with van der Waals surface area (Å²) in [6.07, 6.45) is 3.23. The van der Waals surface area contributed by atoms with Crippen molar-refractivity contribution < 1.29 is 23.1 Å². The van der Waals surface area contributed by atoms with Crippen molar-refractivity contribution in [1.82, 2.24) is 15.3 Å². The summed E-state index contributed by atoms with van der Waals surface area (Å²) in [5.74, 6) is -3.59. The van der Waals surface area contributed by atoms with Gasteiger partial charge in [0.2, 0.25) is 5.91 Å². The number of rotatable bonds is 8. The average Bonchev–Trinajstić information content (AvgIpc) is 3.53. The molecule has 1 aliphatic heterocycles. The second-order valence-corrected chi connectivity index (χ2v) is 7.57. The molecule has 1 saturated carbocycles. The Morgan fingerprint density at radius 2 is 1.97 bits per heavy atom.